The zero-order chi connectivity index (χ0) is 17.4. The van der Waals surface area contributed by atoms with Gasteiger partial charge in [0.1, 0.15) is 0 Å². The number of hydrogen-bond acceptors (Lipinski definition) is 5. The Bertz CT molecular complexity index is 651. The third kappa shape index (κ3) is 4.87. The van der Waals surface area contributed by atoms with Crippen LogP contribution in [0.4, 0.5) is 0 Å². The second-order valence-electron chi connectivity index (χ2n) is 5.24. The summed E-state index contributed by atoms with van der Waals surface area (Å²) in [6, 6.07) is 5.52. The molecular weight excluding hydrogens is 310 g/mol. The van der Waals surface area contributed by atoms with E-state index in [1.54, 1.807) is 12.2 Å². The Kier molecular flexibility index (Phi) is 6.42. The summed E-state index contributed by atoms with van der Waals surface area (Å²) >= 11 is 0. The molecule has 24 heavy (non-hydrogen) atoms. The summed E-state index contributed by atoms with van der Waals surface area (Å²) < 4.78 is 15.4. The van der Waals surface area contributed by atoms with Gasteiger partial charge in [0.2, 0.25) is 12.7 Å². The molecule has 0 fully saturated rings. The Morgan fingerprint density at radius 3 is 2.83 bits per heavy atom. The minimum atomic E-state index is -0.477. The first-order valence-corrected chi connectivity index (χ1v) is 7.67. The van der Waals surface area contributed by atoms with Gasteiger partial charge in [-0.25, -0.2) is 0 Å². The van der Waals surface area contributed by atoms with Crippen molar-refractivity contribution in [2.24, 2.45) is 5.92 Å². The van der Waals surface area contributed by atoms with Crippen LogP contribution in [0.25, 0.3) is 0 Å². The molecule has 6 nitrogen and oxygen atoms in total. The largest absolute Gasteiger partial charge is 0.469 e. The summed E-state index contributed by atoms with van der Waals surface area (Å²) in [4.78, 5) is 23.7. The van der Waals surface area contributed by atoms with Crippen molar-refractivity contribution in [2.75, 3.05) is 20.4 Å². The standard InChI is InChI=1S/C18H21NO5/c1-3-4-5-6-17(20)19-11-14(18(21)22-2)9-13-7-8-15-16(10-13)24-12-23-15/h3-8,10,14H,9,11-12H2,1-2H3,(H,19,20)/b4-3+,6-5+/t14-/m0/s1. The molecule has 128 valence electrons. The molecule has 1 atom stereocenters. The molecule has 0 aromatic heterocycles. The first-order chi connectivity index (χ1) is 11.6. The molecule has 0 saturated carbocycles. The van der Waals surface area contributed by atoms with Gasteiger partial charge in [0.15, 0.2) is 11.5 Å². The third-order valence-electron chi connectivity index (χ3n) is 3.53. The van der Waals surface area contributed by atoms with Crippen LogP contribution in [-0.2, 0) is 20.7 Å². The SMILES string of the molecule is C/C=C/C=C/C(=O)NC[C@H](Cc1ccc2c(c1)OCO2)C(=O)OC. The highest BCUT2D eigenvalue weighted by atomic mass is 16.7. The molecule has 2 rings (SSSR count). The molecule has 0 spiro atoms. The Morgan fingerprint density at radius 1 is 1.29 bits per heavy atom. The van der Waals surface area contributed by atoms with Crippen LogP contribution in [0.1, 0.15) is 12.5 Å². The van der Waals surface area contributed by atoms with E-state index in [2.05, 4.69) is 5.32 Å². The number of carbonyl (C=O) groups excluding carboxylic acids is 2. The molecule has 0 radical (unpaired) electrons. The normalized spacial score (nSPS) is 14.1. The van der Waals surface area contributed by atoms with Gasteiger partial charge >= 0.3 is 5.97 Å². The monoisotopic (exact) mass is 331 g/mol. The van der Waals surface area contributed by atoms with E-state index in [-0.39, 0.29) is 25.2 Å². The average Bonchev–Trinajstić information content (AvgIpc) is 3.05. The number of hydrogen-bond donors (Lipinski definition) is 1. The number of methoxy groups -OCH3 is 1. The van der Waals surface area contributed by atoms with Crippen LogP contribution in [0, 0.1) is 5.92 Å². The molecule has 1 N–H and O–H groups in total. The van der Waals surface area contributed by atoms with E-state index in [1.165, 1.54) is 13.2 Å². The van der Waals surface area contributed by atoms with E-state index in [4.69, 9.17) is 14.2 Å². The minimum Gasteiger partial charge on any atom is -0.469 e. The van der Waals surface area contributed by atoms with E-state index >= 15 is 0 Å². The lowest BCUT2D eigenvalue weighted by Gasteiger charge is -2.15. The van der Waals surface area contributed by atoms with E-state index in [0.29, 0.717) is 17.9 Å². The van der Waals surface area contributed by atoms with Crippen molar-refractivity contribution < 1.29 is 23.8 Å². The number of fused-ring (bicyclic) bond motifs is 1. The number of ether oxygens (including phenoxy) is 3. The maximum Gasteiger partial charge on any atom is 0.310 e. The topological polar surface area (TPSA) is 73.9 Å². The number of rotatable bonds is 7. The molecule has 1 aromatic carbocycles. The Labute approximate surface area is 141 Å². The zero-order valence-electron chi connectivity index (χ0n) is 13.8. The number of allylic oxidation sites excluding steroid dienone is 3. The summed E-state index contributed by atoms with van der Waals surface area (Å²) in [5.74, 6) is 0.248. The lowest BCUT2D eigenvalue weighted by molar-refractivity contribution is -0.145. The predicted octanol–water partition coefficient (Wildman–Crippen LogP) is 2.00. The molecule has 1 heterocycles. The van der Waals surface area contributed by atoms with Gasteiger partial charge in [-0.05, 0) is 31.0 Å². The molecule has 0 aliphatic carbocycles. The number of esters is 1. The van der Waals surface area contributed by atoms with E-state index in [1.807, 2.05) is 31.2 Å². The van der Waals surface area contributed by atoms with Crippen LogP contribution in [0.2, 0.25) is 0 Å². The molecule has 6 heteroatoms. The highest BCUT2D eigenvalue weighted by Gasteiger charge is 2.22. The molecule has 1 aliphatic heterocycles. The second kappa shape index (κ2) is 8.76. The summed E-state index contributed by atoms with van der Waals surface area (Å²) in [7, 11) is 1.34. The molecule has 0 bridgehead atoms. The smallest absolute Gasteiger partial charge is 0.310 e. The van der Waals surface area contributed by atoms with Gasteiger partial charge in [0.25, 0.3) is 0 Å². The van der Waals surface area contributed by atoms with Gasteiger partial charge in [0, 0.05) is 12.6 Å². The third-order valence-corrected chi connectivity index (χ3v) is 3.53. The van der Waals surface area contributed by atoms with Crippen molar-refractivity contribution >= 4 is 11.9 Å². The van der Waals surface area contributed by atoms with Crippen LogP contribution in [0.3, 0.4) is 0 Å². The van der Waals surface area contributed by atoms with Crippen LogP contribution >= 0.6 is 0 Å². The zero-order valence-corrected chi connectivity index (χ0v) is 13.8. The van der Waals surface area contributed by atoms with Gasteiger partial charge in [-0.15, -0.1) is 0 Å². The summed E-state index contributed by atoms with van der Waals surface area (Å²) in [5, 5.41) is 2.71. The van der Waals surface area contributed by atoms with Crippen molar-refractivity contribution in [3.05, 3.63) is 48.1 Å². The fourth-order valence-corrected chi connectivity index (χ4v) is 2.29. The first-order valence-electron chi connectivity index (χ1n) is 7.67. The fraction of sp³-hybridized carbons (Fsp3) is 0.333. The summed E-state index contributed by atoms with van der Waals surface area (Å²) in [6.45, 7) is 2.26. The Morgan fingerprint density at radius 2 is 2.08 bits per heavy atom. The average molecular weight is 331 g/mol. The van der Waals surface area contributed by atoms with Gasteiger partial charge in [-0.2, -0.15) is 0 Å². The number of carbonyl (C=O) groups is 2. The first kappa shape index (κ1) is 17.6. The Balaban J connectivity index is 1.98. The second-order valence-corrected chi connectivity index (χ2v) is 5.24. The summed E-state index contributed by atoms with van der Waals surface area (Å²) in [5.41, 5.74) is 0.911. The van der Waals surface area contributed by atoms with Crippen LogP contribution in [0.15, 0.2) is 42.5 Å². The van der Waals surface area contributed by atoms with Crippen molar-refractivity contribution in [3.8, 4) is 11.5 Å². The molecule has 0 saturated heterocycles. The van der Waals surface area contributed by atoms with Gasteiger partial charge in [-0.1, -0.05) is 24.3 Å². The Hall–Kier alpha value is -2.76. The number of amides is 1. The molecule has 0 unspecified atom stereocenters. The van der Waals surface area contributed by atoms with Crippen molar-refractivity contribution in [3.63, 3.8) is 0 Å². The van der Waals surface area contributed by atoms with Crippen molar-refractivity contribution in [1.82, 2.24) is 5.32 Å². The summed E-state index contributed by atoms with van der Waals surface area (Å²) in [6.07, 6.45) is 7.06. The van der Waals surface area contributed by atoms with E-state index in [0.717, 1.165) is 5.56 Å². The lowest BCUT2D eigenvalue weighted by Crippen LogP contribution is -2.33. The van der Waals surface area contributed by atoms with Gasteiger partial charge < -0.3 is 19.5 Å². The fourth-order valence-electron chi connectivity index (χ4n) is 2.29. The van der Waals surface area contributed by atoms with Gasteiger partial charge in [-0.3, -0.25) is 9.59 Å². The molecule has 1 amide bonds. The molecule has 1 aromatic rings. The maximum absolute atomic E-state index is 12.0. The van der Waals surface area contributed by atoms with Crippen LogP contribution in [0.5, 0.6) is 11.5 Å². The quantitative estimate of drug-likeness (QED) is 0.470. The van der Waals surface area contributed by atoms with Crippen LogP contribution < -0.4 is 14.8 Å². The predicted molar refractivity (Wildman–Crippen MR) is 88.7 cm³/mol. The number of benzene rings is 1. The van der Waals surface area contributed by atoms with E-state index < -0.39 is 5.92 Å². The molecular formula is C18H21NO5. The maximum atomic E-state index is 12.0. The highest BCUT2D eigenvalue weighted by Crippen LogP contribution is 2.33. The van der Waals surface area contributed by atoms with E-state index in [9.17, 15) is 9.59 Å². The van der Waals surface area contributed by atoms with Crippen molar-refractivity contribution in [2.45, 2.75) is 13.3 Å². The highest BCUT2D eigenvalue weighted by molar-refractivity contribution is 5.88. The lowest BCUT2D eigenvalue weighted by atomic mass is 9.99. The van der Waals surface area contributed by atoms with Gasteiger partial charge in [0.05, 0.1) is 13.0 Å². The molecule has 1 aliphatic rings. The van der Waals surface area contributed by atoms with Crippen LogP contribution in [-0.4, -0.2) is 32.3 Å². The number of nitrogens with one attached hydrogen (secondary N) is 1. The minimum absolute atomic E-state index is 0.195. The van der Waals surface area contributed by atoms with Crippen molar-refractivity contribution in [1.29, 1.82) is 0 Å².